The van der Waals surface area contributed by atoms with Crippen LogP contribution in [0.4, 0.5) is 0 Å². The molecule has 0 aromatic rings. The summed E-state index contributed by atoms with van der Waals surface area (Å²) in [5.41, 5.74) is -0.447. The highest BCUT2D eigenvalue weighted by Crippen LogP contribution is 2.67. The Morgan fingerprint density at radius 1 is 1.08 bits per heavy atom. The lowest BCUT2D eigenvalue weighted by Gasteiger charge is -2.64. The summed E-state index contributed by atoms with van der Waals surface area (Å²) in [5.74, 6) is -1.32. The fourth-order valence-corrected chi connectivity index (χ4v) is 7.06. The van der Waals surface area contributed by atoms with Gasteiger partial charge in [-0.3, -0.25) is 0 Å². The van der Waals surface area contributed by atoms with E-state index in [1.165, 1.54) is 18.9 Å². The first-order chi connectivity index (χ1) is 11.0. The van der Waals surface area contributed by atoms with Gasteiger partial charge >= 0.3 is 5.97 Å². The van der Waals surface area contributed by atoms with Gasteiger partial charge in [0, 0.05) is 18.1 Å². The summed E-state index contributed by atoms with van der Waals surface area (Å²) in [6, 6.07) is 0. The van der Waals surface area contributed by atoms with Crippen LogP contribution in [0.2, 0.25) is 0 Å². The molecule has 0 spiro atoms. The van der Waals surface area contributed by atoms with Crippen LogP contribution in [0.5, 0.6) is 0 Å². The van der Waals surface area contributed by atoms with Gasteiger partial charge in [-0.25, -0.2) is 4.79 Å². The molecule has 1 aliphatic heterocycles. The van der Waals surface area contributed by atoms with Crippen molar-refractivity contribution in [1.29, 1.82) is 0 Å². The van der Waals surface area contributed by atoms with Crippen LogP contribution in [0.15, 0.2) is 11.6 Å². The van der Waals surface area contributed by atoms with Gasteiger partial charge in [-0.1, -0.05) is 27.2 Å². The maximum Gasteiger partial charge on any atom is 0.333 e. The lowest BCUT2D eigenvalue weighted by Crippen LogP contribution is -2.63. The lowest BCUT2D eigenvalue weighted by molar-refractivity contribution is -0.242. The lowest BCUT2D eigenvalue weighted by atomic mass is 9.42. The second-order valence-corrected chi connectivity index (χ2v) is 9.81. The zero-order valence-electron chi connectivity index (χ0n) is 15.3. The van der Waals surface area contributed by atoms with Gasteiger partial charge < -0.3 is 14.9 Å². The molecule has 4 rings (SSSR count). The van der Waals surface area contributed by atoms with E-state index in [4.69, 9.17) is 4.74 Å². The van der Waals surface area contributed by atoms with Gasteiger partial charge in [0.15, 0.2) is 0 Å². The van der Waals surface area contributed by atoms with Gasteiger partial charge in [-0.05, 0) is 61.2 Å². The molecule has 0 saturated heterocycles. The molecule has 3 fully saturated rings. The summed E-state index contributed by atoms with van der Waals surface area (Å²) in [7, 11) is 0. The molecular formula is C20H30O4. The maximum atomic E-state index is 11.8. The minimum Gasteiger partial charge on any atom is -0.426 e. The number of hydrogen-bond acceptors (Lipinski definition) is 4. The zero-order chi connectivity index (χ0) is 17.5. The normalized spacial score (nSPS) is 52.7. The molecule has 1 heterocycles. The van der Waals surface area contributed by atoms with Crippen LogP contribution in [-0.4, -0.2) is 27.6 Å². The summed E-state index contributed by atoms with van der Waals surface area (Å²) >= 11 is 0. The molecule has 4 aliphatic rings. The number of carbonyl (C=O) groups excluding carboxylic acids is 1. The fraction of sp³-hybridized carbons (Fsp3) is 0.850. The van der Waals surface area contributed by atoms with Crippen LogP contribution in [0.25, 0.3) is 0 Å². The average molecular weight is 334 g/mol. The Hall–Kier alpha value is -0.870. The minimum atomic E-state index is -1.62. The van der Waals surface area contributed by atoms with Gasteiger partial charge in [-0.2, -0.15) is 0 Å². The topological polar surface area (TPSA) is 66.8 Å². The quantitative estimate of drug-likeness (QED) is 0.668. The number of aliphatic hydroxyl groups is 2. The fourth-order valence-electron chi connectivity index (χ4n) is 7.06. The SMILES string of the molecule is CC1(C)CCCC2(C)C3CC4(O)OC(=O)C=C4C(C)(O)C3CCC12. The highest BCUT2D eigenvalue weighted by atomic mass is 16.7. The van der Waals surface area contributed by atoms with Crippen LogP contribution < -0.4 is 0 Å². The highest BCUT2D eigenvalue weighted by molar-refractivity contribution is 5.87. The van der Waals surface area contributed by atoms with Crippen molar-refractivity contribution in [3.05, 3.63) is 11.6 Å². The molecule has 24 heavy (non-hydrogen) atoms. The maximum absolute atomic E-state index is 11.8. The average Bonchev–Trinajstić information content (AvgIpc) is 2.75. The van der Waals surface area contributed by atoms with Crippen molar-refractivity contribution in [2.45, 2.75) is 77.6 Å². The predicted octanol–water partition coefficient (Wildman–Crippen LogP) is 3.17. The van der Waals surface area contributed by atoms with Crippen molar-refractivity contribution in [1.82, 2.24) is 0 Å². The van der Waals surface area contributed by atoms with E-state index in [2.05, 4.69) is 20.8 Å². The number of rotatable bonds is 0. The van der Waals surface area contributed by atoms with Crippen LogP contribution in [0, 0.1) is 28.6 Å². The molecule has 4 heteroatoms. The summed E-state index contributed by atoms with van der Waals surface area (Å²) < 4.78 is 5.28. The molecule has 0 aromatic heterocycles. The van der Waals surface area contributed by atoms with E-state index in [0.29, 0.717) is 17.9 Å². The number of carbonyl (C=O) groups is 1. The predicted molar refractivity (Wildman–Crippen MR) is 89.8 cm³/mol. The Morgan fingerprint density at radius 3 is 2.50 bits per heavy atom. The Bertz CT molecular complexity index is 619. The van der Waals surface area contributed by atoms with Crippen LogP contribution in [0.3, 0.4) is 0 Å². The standard InChI is InChI=1S/C20H30O4/c1-17(2)8-5-9-18(3)13-11-20(23)15(10-16(21)24-20)19(4,22)12(13)6-7-14(17)18/h10,12-14,22-23H,5-9,11H2,1-4H3. The van der Waals surface area contributed by atoms with Gasteiger partial charge in [0.25, 0.3) is 0 Å². The first-order valence-electron chi connectivity index (χ1n) is 9.41. The Kier molecular flexibility index (Phi) is 3.21. The third-order valence-corrected chi connectivity index (χ3v) is 8.09. The summed E-state index contributed by atoms with van der Waals surface area (Å²) in [5, 5.41) is 22.3. The van der Waals surface area contributed by atoms with Crippen molar-refractivity contribution < 1.29 is 19.7 Å². The van der Waals surface area contributed by atoms with Crippen molar-refractivity contribution in [3.8, 4) is 0 Å². The molecule has 2 N–H and O–H groups in total. The van der Waals surface area contributed by atoms with E-state index in [9.17, 15) is 15.0 Å². The molecule has 6 atom stereocenters. The first-order valence-corrected chi connectivity index (χ1v) is 9.41. The summed E-state index contributed by atoms with van der Waals surface area (Å²) in [6.45, 7) is 8.85. The van der Waals surface area contributed by atoms with E-state index < -0.39 is 17.4 Å². The van der Waals surface area contributed by atoms with Crippen molar-refractivity contribution >= 4 is 5.97 Å². The number of fused-ring (bicyclic) bond motifs is 4. The van der Waals surface area contributed by atoms with Crippen molar-refractivity contribution in [3.63, 3.8) is 0 Å². The minimum absolute atomic E-state index is 0.0743. The molecule has 0 aromatic carbocycles. The van der Waals surface area contributed by atoms with Gasteiger partial charge in [0.1, 0.15) is 0 Å². The number of hydrogen-bond donors (Lipinski definition) is 2. The van der Waals surface area contributed by atoms with Crippen LogP contribution >= 0.6 is 0 Å². The Balaban J connectivity index is 1.79. The van der Waals surface area contributed by atoms with Gasteiger partial charge in [-0.15, -0.1) is 0 Å². The molecular weight excluding hydrogens is 304 g/mol. The Labute approximate surface area is 144 Å². The van der Waals surface area contributed by atoms with E-state index in [0.717, 1.165) is 19.3 Å². The monoisotopic (exact) mass is 334 g/mol. The summed E-state index contributed by atoms with van der Waals surface area (Å²) in [4.78, 5) is 11.8. The molecule has 6 unspecified atom stereocenters. The van der Waals surface area contributed by atoms with E-state index in [1.54, 1.807) is 6.92 Å². The zero-order valence-corrected chi connectivity index (χ0v) is 15.3. The van der Waals surface area contributed by atoms with Crippen LogP contribution in [0.1, 0.15) is 66.2 Å². The van der Waals surface area contributed by atoms with Crippen LogP contribution in [-0.2, 0) is 9.53 Å². The molecule has 0 bridgehead atoms. The molecule has 3 saturated carbocycles. The molecule has 0 radical (unpaired) electrons. The molecule has 3 aliphatic carbocycles. The summed E-state index contributed by atoms with van der Waals surface area (Å²) in [6.07, 6.45) is 7.35. The molecule has 0 amide bonds. The van der Waals surface area contributed by atoms with Gasteiger partial charge in [0.2, 0.25) is 5.79 Å². The molecule has 4 nitrogen and oxygen atoms in total. The number of esters is 1. The largest absolute Gasteiger partial charge is 0.426 e. The van der Waals surface area contributed by atoms with E-state index in [1.807, 2.05) is 0 Å². The Morgan fingerprint density at radius 2 is 1.79 bits per heavy atom. The second kappa shape index (κ2) is 4.64. The second-order valence-electron chi connectivity index (χ2n) is 9.81. The highest BCUT2D eigenvalue weighted by Gasteiger charge is 2.66. The smallest absolute Gasteiger partial charge is 0.333 e. The van der Waals surface area contributed by atoms with Crippen molar-refractivity contribution in [2.24, 2.45) is 28.6 Å². The van der Waals surface area contributed by atoms with Gasteiger partial charge in [0.05, 0.1) is 5.60 Å². The van der Waals surface area contributed by atoms with E-state index in [-0.39, 0.29) is 22.7 Å². The third-order valence-electron chi connectivity index (χ3n) is 8.09. The molecule has 134 valence electrons. The van der Waals surface area contributed by atoms with E-state index >= 15 is 0 Å². The third kappa shape index (κ3) is 1.96. The van der Waals surface area contributed by atoms with Crippen molar-refractivity contribution in [2.75, 3.05) is 0 Å². The number of ether oxygens (including phenoxy) is 1. The first kappa shape index (κ1) is 16.6.